The number of fused-ring (bicyclic) bond motifs is 3. The maximum Gasteiger partial charge on any atom is 0.250 e. The predicted octanol–water partition coefficient (Wildman–Crippen LogP) is 9.87. The van der Waals surface area contributed by atoms with E-state index in [2.05, 4.69) is 88.8 Å². The minimum absolute atomic E-state index is 0.0619. The van der Waals surface area contributed by atoms with Crippen LogP contribution in [0.5, 0.6) is 0 Å². The Morgan fingerprint density at radius 1 is 0.583 bits per heavy atom. The Hall–Kier alpha value is -8.23. The fourth-order valence-corrected chi connectivity index (χ4v) is 18.5. The number of anilines is 3. The van der Waals surface area contributed by atoms with Gasteiger partial charge in [-0.05, 0) is 168 Å². The number of nitrogens with one attached hydrogen (secondary N) is 3. The van der Waals surface area contributed by atoms with Gasteiger partial charge in [0.25, 0.3) is 0 Å². The number of aliphatic hydroxyl groups excluding tert-OH is 3. The molecule has 0 unspecified atom stereocenters. The third kappa shape index (κ3) is 17.0. The second-order valence-corrected chi connectivity index (χ2v) is 34.7. The Kier molecular flexibility index (Phi) is 23.2. The lowest BCUT2D eigenvalue weighted by Crippen LogP contribution is -2.69. The zero-order valence-electron chi connectivity index (χ0n) is 63.8. The van der Waals surface area contributed by atoms with Crippen molar-refractivity contribution in [3.63, 3.8) is 0 Å². The van der Waals surface area contributed by atoms with E-state index in [9.17, 15) is 28.5 Å². The van der Waals surface area contributed by atoms with Crippen molar-refractivity contribution in [2.45, 2.75) is 216 Å². The van der Waals surface area contributed by atoms with Crippen LogP contribution >= 0.6 is 0 Å². The lowest BCUT2D eigenvalue weighted by molar-refractivity contribution is -0.199. The number of carbonyl (C=O) groups is 1. The molecule has 4 atom stereocenters. The summed E-state index contributed by atoms with van der Waals surface area (Å²) in [4.78, 5) is 29.1. The van der Waals surface area contributed by atoms with Gasteiger partial charge in [0.1, 0.15) is 15.4 Å². The van der Waals surface area contributed by atoms with E-state index in [0.717, 1.165) is 184 Å². The molecule has 1 amide bonds. The first-order chi connectivity index (χ1) is 52.0. The second kappa shape index (κ2) is 32.8. The molecule has 582 valence electrons. The van der Waals surface area contributed by atoms with Crippen molar-refractivity contribution < 1.29 is 47.5 Å². The topological polar surface area (TPSA) is 332 Å². The van der Waals surface area contributed by atoms with Gasteiger partial charge in [0.2, 0.25) is 23.8 Å². The summed E-state index contributed by atoms with van der Waals surface area (Å²) in [5, 5.41) is 68.6. The largest absolute Gasteiger partial charge is 0.393 e. The van der Waals surface area contributed by atoms with E-state index in [1.165, 1.54) is 17.7 Å². The van der Waals surface area contributed by atoms with E-state index in [0.29, 0.717) is 68.3 Å². The molecule has 3 saturated heterocycles. The van der Waals surface area contributed by atoms with E-state index in [-0.39, 0.29) is 71.2 Å². The van der Waals surface area contributed by atoms with E-state index in [4.69, 9.17) is 34.2 Å². The molecular formula is C78H109N19O10S. The monoisotopic (exact) mass is 1500 g/mol. The van der Waals surface area contributed by atoms with Crippen molar-refractivity contribution in [1.82, 2.24) is 78.0 Å². The highest BCUT2D eigenvalue weighted by atomic mass is 32.2. The average Bonchev–Trinajstić information content (AvgIpc) is 0.959. The van der Waals surface area contributed by atoms with Crippen molar-refractivity contribution in [3.8, 4) is 33.4 Å². The van der Waals surface area contributed by atoms with Crippen LogP contribution in [0.25, 0.3) is 49.9 Å². The van der Waals surface area contributed by atoms with Crippen LogP contribution in [-0.2, 0) is 45.7 Å². The molecule has 108 heavy (non-hydrogen) atoms. The maximum atomic E-state index is 13.4. The second-order valence-electron chi connectivity index (χ2n) is 32.4. The van der Waals surface area contributed by atoms with Crippen molar-refractivity contribution in [3.05, 3.63) is 103 Å². The number of hydrogen-bond acceptors (Lipinski definition) is 22. The number of rotatable bonds is 23. The third-order valence-corrected chi connectivity index (χ3v) is 24.9. The zero-order chi connectivity index (χ0) is 75.6. The van der Waals surface area contributed by atoms with E-state index in [1.807, 2.05) is 100 Å². The molecule has 7 aliphatic rings. The molecule has 30 heteroatoms. The van der Waals surface area contributed by atoms with Crippen LogP contribution < -0.4 is 16.0 Å². The molecule has 6 N–H and O–H groups in total. The molecule has 16 rings (SSSR count). The van der Waals surface area contributed by atoms with E-state index < -0.39 is 15.4 Å². The summed E-state index contributed by atoms with van der Waals surface area (Å²) in [5.74, 6) is 3.75. The molecular weight excluding hydrogens is 1400 g/mol. The number of aromatic nitrogens is 15. The highest BCUT2D eigenvalue weighted by Gasteiger charge is 2.53. The highest BCUT2D eigenvalue weighted by molar-refractivity contribution is 7.91. The molecule has 12 heterocycles. The molecule has 4 saturated carbocycles. The summed E-state index contributed by atoms with van der Waals surface area (Å²) in [7, 11) is 2.12. The number of allylic oxidation sites excluding steroid dienone is 1. The minimum atomic E-state index is -2.92. The number of ether oxygens (including phenoxy) is 4. The fraction of sp³-hybridized carbons (Fsp3) is 0.615. The fourth-order valence-electron chi connectivity index (χ4n) is 17.1. The molecule has 4 aliphatic carbocycles. The number of aliphatic hydroxyl groups is 3. The van der Waals surface area contributed by atoms with Gasteiger partial charge in [0.15, 0.2) is 0 Å². The quantitative estimate of drug-likeness (QED) is 0.0324. The Bertz CT molecular complexity index is 4680. The number of methoxy groups -OCH3 is 3. The van der Waals surface area contributed by atoms with Crippen molar-refractivity contribution in [2.75, 3.05) is 94.9 Å². The maximum absolute atomic E-state index is 13.4. The first-order valence-corrected chi connectivity index (χ1v) is 40.7. The van der Waals surface area contributed by atoms with Gasteiger partial charge in [-0.25, -0.2) is 36.9 Å². The predicted molar refractivity (Wildman–Crippen MR) is 412 cm³/mol. The number of sulfone groups is 1. The third-order valence-electron chi connectivity index (χ3n) is 23.2. The Morgan fingerprint density at radius 3 is 1.41 bits per heavy atom. The summed E-state index contributed by atoms with van der Waals surface area (Å²) in [5.41, 5.74) is 13.0. The zero-order valence-corrected chi connectivity index (χ0v) is 64.7. The molecule has 1 spiro atoms. The summed E-state index contributed by atoms with van der Waals surface area (Å²) in [6.07, 6.45) is 31.7. The van der Waals surface area contributed by atoms with Crippen LogP contribution in [-0.4, -0.2) is 223 Å². The van der Waals surface area contributed by atoms with Gasteiger partial charge in [-0.3, -0.25) is 18.8 Å². The molecule has 9 aromatic heterocycles. The van der Waals surface area contributed by atoms with Gasteiger partial charge < -0.3 is 55.1 Å². The molecule has 29 nitrogen and oxygen atoms in total. The van der Waals surface area contributed by atoms with Crippen LogP contribution in [0.2, 0.25) is 0 Å². The van der Waals surface area contributed by atoms with E-state index >= 15 is 0 Å². The first kappa shape index (κ1) is 76.5. The molecule has 0 bridgehead atoms. The van der Waals surface area contributed by atoms with Gasteiger partial charge in [0, 0.05) is 146 Å². The first-order valence-electron chi connectivity index (χ1n) is 38.9. The molecule has 0 aromatic carbocycles. The normalized spacial score (nSPS) is 23.8. The number of carbonyl (C=O) groups excluding carboxylic acids is 1. The average molecular weight is 1500 g/mol. The van der Waals surface area contributed by atoms with Gasteiger partial charge in [0.05, 0.1) is 128 Å². The number of hydrogen-bond donors (Lipinski definition) is 6. The molecule has 7 fully saturated rings. The standard InChI is InChI=1S/C28H39N7O4.C26H36N6O2.C24H34N6O4S/c1-18(13-38-4)31-26-29-11-24-22(9-23(35(24)32-26)19-5-7-21(36)8-6-19)20-10-30-34(12-20)27(2,3)25(37)33-14-28(15-33)16-39-17-28;1-17-4-5-19(10-17)14-31-15-21(12-28-31)23-11-24(20-6-8-22(33)9-7-20)32-25(23)13-27-26(30-32)29-18(2)16-34-3;1-16(15-34-2)27-24-25-13-23-21(11-22(30(23)28-24)17-3-5-20(31)6-4-17)18-12-26-29(14-18)19-7-9-35(32,33)10-8-19/h9-12,18-19,21,36H,5-8,13-17H2,1-4H3,(H,31,32);11-13,15,18-20,22,33H,1,4-10,14,16H2,2-3H3,(H,29,30);11-14,16-17,19-20,31H,3-10,15H2,1-2H3,(H,27,28)/t18-,19?,21?;18-,19-,20?,22?;16-,17?,20?/m000/s1. The SMILES string of the molecule is C=C1CC[C@H](Cn2cc(-c3cc(C4CCC(O)CC4)n4nc(N[C@@H](C)COC)ncc34)cn2)C1.COC[C@H](C)Nc1ncc2c(-c3cnn(C(C)(C)C(=O)N4CC5(COC5)C4)c3)cc(C3CCC(O)CC3)n2n1.COC[C@H](C)Nc1ncc2c(-c3cnn(C4CCS(=O)(=O)CC4)c3)cc(C3CCC(O)CC3)n2n1. The summed E-state index contributed by atoms with van der Waals surface area (Å²) in [6.45, 7) is 19.7. The summed E-state index contributed by atoms with van der Waals surface area (Å²) < 4.78 is 56.5. The highest BCUT2D eigenvalue weighted by Crippen LogP contribution is 2.44. The smallest absolute Gasteiger partial charge is 0.250 e. The Morgan fingerprint density at radius 2 is 1.00 bits per heavy atom. The summed E-state index contributed by atoms with van der Waals surface area (Å²) >= 11 is 0. The number of amides is 1. The number of nitrogens with zero attached hydrogens (tertiary/aromatic N) is 16. The van der Waals surface area contributed by atoms with Gasteiger partial charge in [-0.2, -0.15) is 15.3 Å². The van der Waals surface area contributed by atoms with E-state index in [1.54, 1.807) is 26.0 Å². The van der Waals surface area contributed by atoms with Crippen LogP contribution in [0.4, 0.5) is 17.8 Å². The Balaban J connectivity index is 0.000000136. The van der Waals surface area contributed by atoms with Crippen LogP contribution in [0.3, 0.4) is 0 Å². The lowest BCUT2D eigenvalue weighted by Gasteiger charge is -2.56. The minimum Gasteiger partial charge on any atom is -0.393 e. The molecule has 0 radical (unpaired) electrons. The van der Waals surface area contributed by atoms with Crippen molar-refractivity contribution in [2.24, 2.45) is 11.3 Å². The van der Waals surface area contributed by atoms with Crippen molar-refractivity contribution in [1.29, 1.82) is 0 Å². The van der Waals surface area contributed by atoms with Gasteiger partial charge >= 0.3 is 0 Å². The molecule has 3 aliphatic heterocycles. The summed E-state index contributed by atoms with van der Waals surface area (Å²) in [6, 6.07) is 6.95. The van der Waals surface area contributed by atoms with Crippen LogP contribution in [0, 0.1) is 11.3 Å². The number of likely N-dealkylation sites (tertiary alicyclic amines) is 1. The Labute approximate surface area is 631 Å². The lowest BCUT2D eigenvalue weighted by atomic mass is 9.77. The van der Waals surface area contributed by atoms with Gasteiger partial charge in [-0.1, -0.05) is 12.2 Å². The van der Waals surface area contributed by atoms with Crippen molar-refractivity contribution >= 4 is 50.1 Å². The van der Waals surface area contributed by atoms with Crippen LogP contribution in [0.15, 0.2) is 86.1 Å². The van der Waals surface area contributed by atoms with Crippen LogP contribution in [0.1, 0.15) is 185 Å². The molecule has 9 aromatic rings. The van der Waals surface area contributed by atoms with Gasteiger partial charge in [-0.15, -0.1) is 15.3 Å².